The maximum Gasteiger partial charge on any atom is 0.0941 e. The standard InChI is InChI=1S/C9H15N3S/c1-3-4-9(10)12-6-8-5-11-7(2)13-8/h5H,3-4,6H2,1-2H3,(H2,10,12). The van der Waals surface area contributed by atoms with E-state index in [1.54, 1.807) is 11.3 Å². The lowest BCUT2D eigenvalue weighted by Crippen LogP contribution is -2.10. The Morgan fingerprint density at radius 1 is 1.69 bits per heavy atom. The first-order valence-corrected chi connectivity index (χ1v) is 5.24. The predicted molar refractivity (Wildman–Crippen MR) is 57.1 cm³/mol. The third-order valence-electron chi connectivity index (χ3n) is 1.61. The van der Waals surface area contributed by atoms with Crippen LogP contribution in [-0.2, 0) is 6.54 Å². The molecule has 1 heterocycles. The number of hydrogen-bond donors (Lipinski definition) is 1. The molecule has 1 aromatic heterocycles. The molecule has 0 amide bonds. The quantitative estimate of drug-likeness (QED) is 0.593. The van der Waals surface area contributed by atoms with Crippen molar-refractivity contribution in [2.45, 2.75) is 33.2 Å². The summed E-state index contributed by atoms with van der Waals surface area (Å²) in [7, 11) is 0. The van der Waals surface area contributed by atoms with E-state index in [-0.39, 0.29) is 0 Å². The van der Waals surface area contributed by atoms with Crippen molar-refractivity contribution in [3.63, 3.8) is 0 Å². The van der Waals surface area contributed by atoms with E-state index in [1.165, 1.54) is 4.88 Å². The minimum atomic E-state index is 0.678. The topological polar surface area (TPSA) is 51.3 Å². The van der Waals surface area contributed by atoms with Gasteiger partial charge in [0.2, 0.25) is 0 Å². The molecule has 1 rings (SSSR count). The minimum Gasteiger partial charge on any atom is -0.387 e. The van der Waals surface area contributed by atoms with Gasteiger partial charge in [-0.15, -0.1) is 11.3 Å². The number of amidine groups is 1. The third kappa shape index (κ3) is 3.55. The summed E-state index contributed by atoms with van der Waals surface area (Å²) in [5, 5.41) is 1.08. The molecule has 4 heteroatoms. The van der Waals surface area contributed by atoms with Gasteiger partial charge in [0, 0.05) is 17.5 Å². The SMILES string of the molecule is CCCC(N)=NCc1cnc(C)s1. The molecule has 13 heavy (non-hydrogen) atoms. The molecule has 2 N–H and O–H groups in total. The van der Waals surface area contributed by atoms with Crippen molar-refractivity contribution >= 4 is 17.2 Å². The van der Waals surface area contributed by atoms with Gasteiger partial charge in [0.1, 0.15) is 0 Å². The van der Waals surface area contributed by atoms with Crippen LogP contribution in [0.25, 0.3) is 0 Å². The van der Waals surface area contributed by atoms with Crippen LogP contribution in [0.5, 0.6) is 0 Å². The van der Waals surface area contributed by atoms with Crippen LogP contribution in [0, 0.1) is 6.92 Å². The van der Waals surface area contributed by atoms with Gasteiger partial charge in [0.05, 0.1) is 17.4 Å². The van der Waals surface area contributed by atoms with Crippen molar-refractivity contribution in [3.8, 4) is 0 Å². The molecule has 0 aliphatic rings. The molecule has 0 spiro atoms. The first kappa shape index (κ1) is 10.2. The van der Waals surface area contributed by atoms with Gasteiger partial charge in [-0.25, -0.2) is 4.98 Å². The number of rotatable bonds is 4. The fraction of sp³-hybridized carbons (Fsp3) is 0.556. The molecule has 0 aliphatic carbocycles. The van der Waals surface area contributed by atoms with Gasteiger partial charge in [-0.2, -0.15) is 0 Å². The normalized spacial score (nSPS) is 12.0. The summed E-state index contributed by atoms with van der Waals surface area (Å²) in [6.07, 6.45) is 3.80. The Balaban J connectivity index is 2.46. The van der Waals surface area contributed by atoms with Crippen LogP contribution in [0.3, 0.4) is 0 Å². The molecule has 0 fully saturated rings. The number of hydrogen-bond acceptors (Lipinski definition) is 3. The second-order valence-corrected chi connectivity index (χ2v) is 4.22. The summed E-state index contributed by atoms with van der Waals surface area (Å²) in [4.78, 5) is 9.59. The van der Waals surface area contributed by atoms with Crippen LogP contribution in [-0.4, -0.2) is 10.8 Å². The molecular weight excluding hydrogens is 182 g/mol. The summed E-state index contributed by atoms with van der Waals surface area (Å²) < 4.78 is 0. The Labute approximate surface area is 82.7 Å². The number of aryl methyl sites for hydroxylation is 1. The van der Waals surface area contributed by atoms with Crippen molar-refractivity contribution in [3.05, 3.63) is 16.1 Å². The first-order chi connectivity index (χ1) is 6.22. The Kier molecular flexibility index (Phi) is 3.89. The molecule has 3 nitrogen and oxygen atoms in total. The van der Waals surface area contributed by atoms with Crippen LogP contribution in [0.4, 0.5) is 0 Å². The lowest BCUT2D eigenvalue weighted by Gasteiger charge is -1.95. The molecule has 0 bridgehead atoms. The second kappa shape index (κ2) is 4.97. The molecular formula is C9H15N3S. The van der Waals surface area contributed by atoms with Crippen molar-refractivity contribution in [1.29, 1.82) is 0 Å². The van der Waals surface area contributed by atoms with E-state index in [1.807, 2.05) is 13.1 Å². The van der Waals surface area contributed by atoms with Gasteiger partial charge < -0.3 is 5.73 Å². The summed E-state index contributed by atoms with van der Waals surface area (Å²) in [5.74, 6) is 0.744. The molecule has 1 aromatic rings. The summed E-state index contributed by atoms with van der Waals surface area (Å²) in [5.41, 5.74) is 5.67. The average molecular weight is 197 g/mol. The lowest BCUT2D eigenvalue weighted by atomic mass is 10.3. The van der Waals surface area contributed by atoms with Gasteiger partial charge >= 0.3 is 0 Å². The highest BCUT2D eigenvalue weighted by molar-refractivity contribution is 7.11. The highest BCUT2D eigenvalue weighted by Gasteiger charge is 1.96. The molecule has 0 saturated carbocycles. The maximum absolute atomic E-state index is 5.67. The number of thiazole rings is 1. The zero-order valence-corrected chi connectivity index (χ0v) is 8.90. The van der Waals surface area contributed by atoms with Crippen LogP contribution < -0.4 is 5.73 Å². The average Bonchev–Trinajstić information content (AvgIpc) is 2.49. The fourth-order valence-corrected chi connectivity index (χ4v) is 1.71. The van der Waals surface area contributed by atoms with Crippen LogP contribution in [0.2, 0.25) is 0 Å². The van der Waals surface area contributed by atoms with Gasteiger partial charge in [-0.05, 0) is 13.3 Å². The smallest absolute Gasteiger partial charge is 0.0941 e. The van der Waals surface area contributed by atoms with Gasteiger partial charge in [-0.3, -0.25) is 4.99 Å². The van der Waals surface area contributed by atoms with E-state index in [9.17, 15) is 0 Å². The lowest BCUT2D eigenvalue weighted by molar-refractivity contribution is 0.958. The molecule has 0 aromatic carbocycles. The molecule has 0 atom stereocenters. The Morgan fingerprint density at radius 2 is 2.46 bits per heavy atom. The van der Waals surface area contributed by atoms with E-state index < -0.39 is 0 Å². The minimum absolute atomic E-state index is 0.678. The Morgan fingerprint density at radius 3 is 3.00 bits per heavy atom. The highest BCUT2D eigenvalue weighted by Crippen LogP contribution is 2.12. The largest absolute Gasteiger partial charge is 0.387 e. The van der Waals surface area contributed by atoms with Crippen molar-refractivity contribution in [1.82, 2.24) is 4.98 Å². The van der Waals surface area contributed by atoms with Crippen LogP contribution in [0.1, 0.15) is 29.7 Å². The molecule has 0 unspecified atom stereocenters. The van der Waals surface area contributed by atoms with Crippen molar-refractivity contribution in [2.24, 2.45) is 10.7 Å². The Hall–Kier alpha value is -0.900. The Bertz CT molecular complexity index is 291. The van der Waals surface area contributed by atoms with Gasteiger partial charge in [0.15, 0.2) is 0 Å². The molecule has 0 aliphatic heterocycles. The summed E-state index contributed by atoms with van der Waals surface area (Å²) in [6.45, 7) is 4.77. The number of nitrogens with zero attached hydrogens (tertiary/aromatic N) is 2. The van der Waals surface area contributed by atoms with Gasteiger partial charge in [0.25, 0.3) is 0 Å². The maximum atomic E-state index is 5.67. The van der Waals surface area contributed by atoms with E-state index in [0.717, 1.165) is 23.7 Å². The molecule has 72 valence electrons. The van der Waals surface area contributed by atoms with E-state index in [4.69, 9.17) is 5.73 Å². The highest BCUT2D eigenvalue weighted by atomic mass is 32.1. The molecule has 0 radical (unpaired) electrons. The van der Waals surface area contributed by atoms with E-state index >= 15 is 0 Å². The van der Waals surface area contributed by atoms with Crippen molar-refractivity contribution in [2.75, 3.05) is 0 Å². The predicted octanol–water partition coefficient (Wildman–Crippen LogP) is 2.11. The summed E-state index contributed by atoms with van der Waals surface area (Å²) >= 11 is 1.67. The van der Waals surface area contributed by atoms with Gasteiger partial charge in [-0.1, -0.05) is 6.92 Å². The molecule has 0 saturated heterocycles. The summed E-state index contributed by atoms with van der Waals surface area (Å²) in [6, 6.07) is 0. The number of aromatic nitrogens is 1. The zero-order valence-electron chi connectivity index (χ0n) is 8.08. The third-order valence-corrected chi connectivity index (χ3v) is 2.51. The van der Waals surface area contributed by atoms with E-state index in [0.29, 0.717) is 6.54 Å². The van der Waals surface area contributed by atoms with E-state index in [2.05, 4.69) is 16.9 Å². The zero-order chi connectivity index (χ0) is 9.68. The van der Waals surface area contributed by atoms with Crippen molar-refractivity contribution < 1.29 is 0 Å². The number of aliphatic imine (C=N–C) groups is 1. The first-order valence-electron chi connectivity index (χ1n) is 4.42. The fourth-order valence-electron chi connectivity index (χ4n) is 0.993. The van der Waals surface area contributed by atoms with Crippen LogP contribution in [0.15, 0.2) is 11.2 Å². The number of nitrogens with two attached hydrogens (primary N) is 1. The monoisotopic (exact) mass is 197 g/mol. The second-order valence-electron chi connectivity index (χ2n) is 2.90. The van der Waals surface area contributed by atoms with Crippen LogP contribution >= 0.6 is 11.3 Å².